The molecule has 0 atom stereocenters. The summed E-state index contributed by atoms with van der Waals surface area (Å²) in [6.07, 6.45) is 1.35. The van der Waals surface area contributed by atoms with Crippen LogP contribution in [0.3, 0.4) is 0 Å². The zero-order chi connectivity index (χ0) is 22.2. The number of anilines is 2. The molecule has 2 aromatic rings. The Kier molecular flexibility index (Phi) is 5.72. The first kappa shape index (κ1) is 21.3. The molecule has 31 heavy (non-hydrogen) atoms. The van der Waals surface area contributed by atoms with Crippen molar-refractivity contribution in [1.82, 2.24) is 0 Å². The molecule has 0 aliphatic carbocycles. The van der Waals surface area contributed by atoms with Gasteiger partial charge in [0.25, 0.3) is 5.69 Å². The molecule has 0 unspecified atom stereocenters. The normalized spacial score (nSPS) is 17.6. The number of amides is 1. The van der Waals surface area contributed by atoms with Crippen molar-refractivity contribution in [3.63, 3.8) is 0 Å². The van der Waals surface area contributed by atoms with Crippen molar-refractivity contribution in [1.29, 1.82) is 0 Å². The topological polar surface area (TPSA) is 105 Å². The Morgan fingerprint density at radius 1 is 1.26 bits per heavy atom. The van der Waals surface area contributed by atoms with Gasteiger partial charge in [-0.15, -0.1) is 0 Å². The largest absolute Gasteiger partial charge is 0.490 e. The van der Waals surface area contributed by atoms with Crippen molar-refractivity contribution in [2.45, 2.75) is 31.3 Å². The van der Waals surface area contributed by atoms with E-state index >= 15 is 0 Å². The number of halogens is 2. The molecular weight excluding hydrogens is 429 g/mol. The van der Waals surface area contributed by atoms with Crippen LogP contribution in [-0.2, 0) is 11.2 Å². The van der Waals surface area contributed by atoms with E-state index in [9.17, 15) is 24.4 Å². The minimum Gasteiger partial charge on any atom is -0.490 e. The maximum absolute atomic E-state index is 14.0. The van der Waals surface area contributed by atoms with Gasteiger partial charge in [-0.05, 0) is 37.5 Å². The predicted molar refractivity (Wildman–Crippen MR) is 113 cm³/mol. The monoisotopic (exact) mass is 449 g/mol. The summed E-state index contributed by atoms with van der Waals surface area (Å²) >= 11 is 6.23. The van der Waals surface area contributed by atoms with Gasteiger partial charge in [-0.25, -0.2) is 4.39 Å². The van der Waals surface area contributed by atoms with Gasteiger partial charge in [-0.3, -0.25) is 14.9 Å². The maximum atomic E-state index is 14.0. The van der Waals surface area contributed by atoms with E-state index in [4.69, 9.17) is 16.3 Å². The molecule has 8 nitrogen and oxygen atoms in total. The quantitative estimate of drug-likeness (QED) is 0.533. The van der Waals surface area contributed by atoms with E-state index < -0.39 is 16.3 Å². The van der Waals surface area contributed by atoms with Crippen LogP contribution in [0.1, 0.15) is 24.8 Å². The lowest BCUT2D eigenvalue weighted by atomic mass is 9.92. The number of ether oxygens (including phenoxy) is 1. The number of hydrogen-bond acceptors (Lipinski definition) is 6. The van der Waals surface area contributed by atoms with Crippen molar-refractivity contribution < 1.29 is 24.0 Å². The zero-order valence-electron chi connectivity index (χ0n) is 16.6. The van der Waals surface area contributed by atoms with Crippen molar-refractivity contribution >= 4 is 34.6 Å². The van der Waals surface area contributed by atoms with Crippen LogP contribution in [0, 0.1) is 15.9 Å². The molecule has 0 radical (unpaired) electrons. The van der Waals surface area contributed by atoms with Gasteiger partial charge in [0, 0.05) is 37.2 Å². The van der Waals surface area contributed by atoms with E-state index in [-0.39, 0.29) is 30.3 Å². The van der Waals surface area contributed by atoms with E-state index in [0.29, 0.717) is 54.4 Å². The highest BCUT2D eigenvalue weighted by molar-refractivity contribution is 6.33. The number of nitrogens with zero attached hydrogens (tertiary/aromatic N) is 2. The molecule has 2 aliphatic heterocycles. The summed E-state index contributed by atoms with van der Waals surface area (Å²) in [6, 6.07) is 7.02. The Hall–Kier alpha value is -2.91. The predicted octanol–water partition coefficient (Wildman–Crippen LogP) is 3.68. The Morgan fingerprint density at radius 2 is 2.00 bits per heavy atom. The number of fused-ring (bicyclic) bond motifs is 1. The zero-order valence-corrected chi connectivity index (χ0v) is 17.3. The molecule has 2 aliphatic rings. The molecule has 164 valence electrons. The Morgan fingerprint density at radius 3 is 2.71 bits per heavy atom. The third-order valence-corrected chi connectivity index (χ3v) is 6.08. The molecule has 2 heterocycles. The second-order valence-electron chi connectivity index (χ2n) is 7.84. The van der Waals surface area contributed by atoms with Gasteiger partial charge >= 0.3 is 0 Å². The van der Waals surface area contributed by atoms with E-state index in [2.05, 4.69) is 5.32 Å². The summed E-state index contributed by atoms with van der Waals surface area (Å²) < 4.78 is 19.9. The number of benzene rings is 2. The van der Waals surface area contributed by atoms with Crippen LogP contribution < -0.4 is 15.0 Å². The van der Waals surface area contributed by atoms with Gasteiger partial charge in [0.15, 0.2) is 0 Å². The summed E-state index contributed by atoms with van der Waals surface area (Å²) in [4.78, 5) is 24.0. The van der Waals surface area contributed by atoms with E-state index in [0.717, 1.165) is 0 Å². The smallest absolute Gasteiger partial charge is 0.271 e. The first-order valence-corrected chi connectivity index (χ1v) is 10.3. The molecule has 0 bridgehead atoms. The fourth-order valence-electron chi connectivity index (χ4n) is 3.94. The van der Waals surface area contributed by atoms with Crippen LogP contribution in [0.5, 0.6) is 5.75 Å². The van der Waals surface area contributed by atoms with Gasteiger partial charge in [0.05, 0.1) is 21.3 Å². The molecule has 1 saturated heterocycles. The molecule has 2 aromatic carbocycles. The highest BCUT2D eigenvalue weighted by Gasteiger charge is 2.35. The highest BCUT2D eigenvalue weighted by atomic mass is 35.5. The van der Waals surface area contributed by atoms with Gasteiger partial charge in [0.2, 0.25) is 5.91 Å². The van der Waals surface area contributed by atoms with E-state index in [1.54, 1.807) is 0 Å². The standard InChI is InChI=1S/C21H21ClFN3O5/c22-15-3-1-13(26(29)30)11-17(15)25-9-7-21(28,8-10-25)12-31-18-5-4-16(23)20-14(18)2-6-19(27)24-20/h1,3-5,11,28H,2,6-10,12H2,(H,24,27). The number of non-ortho nitro benzene ring substituents is 1. The third-order valence-electron chi connectivity index (χ3n) is 5.76. The van der Waals surface area contributed by atoms with Gasteiger partial charge in [-0.2, -0.15) is 0 Å². The number of hydrogen-bond donors (Lipinski definition) is 2. The number of piperidine rings is 1. The van der Waals surface area contributed by atoms with Crippen LogP contribution in [0.25, 0.3) is 0 Å². The average molecular weight is 450 g/mol. The fourth-order valence-corrected chi connectivity index (χ4v) is 4.17. The van der Waals surface area contributed by atoms with E-state index in [1.165, 1.54) is 30.3 Å². The lowest BCUT2D eigenvalue weighted by Gasteiger charge is -2.39. The first-order chi connectivity index (χ1) is 14.8. The number of rotatable bonds is 5. The van der Waals surface area contributed by atoms with Crippen molar-refractivity contribution in [2.24, 2.45) is 0 Å². The number of nitro benzene ring substituents is 1. The molecule has 1 fully saturated rings. The molecule has 0 spiro atoms. The Bertz CT molecular complexity index is 1040. The maximum Gasteiger partial charge on any atom is 0.271 e. The number of aliphatic hydroxyl groups is 1. The highest BCUT2D eigenvalue weighted by Crippen LogP contribution is 2.36. The van der Waals surface area contributed by atoms with Crippen LogP contribution in [0.2, 0.25) is 5.02 Å². The van der Waals surface area contributed by atoms with Crippen molar-refractivity contribution in [3.05, 3.63) is 56.8 Å². The molecule has 2 N–H and O–H groups in total. The van der Waals surface area contributed by atoms with Crippen molar-refractivity contribution in [3.8, 4) is 5.75 Å². The second-order valence-corrected chi connectivity index (χ2v) is 8.25. The first-order valence-electron chi connectivity index (χ1n) is 9.91. The molecular formula is C21H21ClFN3O5. The average Bonchev–Trinajstić information content (AvgIpc) is 2.74. The van der Waals surface area contributed by atoms with Crippen LogP contribution in [0.15, 0.2) is 30.3 Å². The minimum absolute atomic E-state index is 0.00945. The van der Waals surface area contributed by atoms with Gasteiger partial charge in [0.1, 0.15) is 23.8 Å². The molecule has 0 aromatic heterocycles. The number of carbonyl (C=O) groups is 1. The number of nitrogens with one attached hydrogen (secondary N) is 1. The minimum atomic E-state index is -1.11. The van der Waals surface area contributed by atoms with Crippen molar-refractivity contribution in [2.75, 3.05) is 29.9 Å². The number of carbonyl (C=O) groups excluding carboxylic acids is 1. The summed E-state index contributed by atoms with van der Waals surface area (Å²) in [7, 11) is 0. The number of nitro groups is 1. The lowest BCUT2D eigenvalue weighted by Crippen LogP contribution is -2.48. The van der Waals surface area contributed by atoms with Crippen LogP contribution >= 0.6 is 11.6 Å². The van der Waals surface area contributed by atoms with E-state index in [1.807, 2.05) is 4.90 Å². The SMILES string of the molecule is O=C1CCc2c(OCC3(O)CCN(c4cc([N+](=O)[O-])ccc4Cl)CC3)ccc(F)c2N1. The van der Waals surface area contributed by atoms with Crippen LogP contribution in [0.4, 0.5) is 21.5 Å². The van der Waals surface area contributed by atoms with Gasteiger partial charge < -0.3 is 20.1 Å². The fraction of sp³-hybridized carbons (Fsp3) is 0.381. The molecule has 10 heteroatoms. The summed E-state index contributed by atoms with van der Waals surface area (Å²) in [5.41, 5.74) is 0.127. The Balaban J connectivity index is 1.43. The molecule has 1 amide bonds. The van der Waals surface area contributed by atoms with Gasteiger partial charge in [-0.1, -0.05) is 11.6 Å². The molecule has 0 saturated carbocycles. The summed E-state index contributed by atoms with van der Waals surface area (Å²) in [5, 5.41) is 25.0. The Labute approximate surface area is 182 Å². The summed E-state index contributed by atoms with van der Waals surface area (Å²) in [5.74, 6) is -0.320. The lowest BCUT2D eigenvalue weighted by molar-refractivity contribution is -0.384. The second kappa shape index (κ2) is 8.32. The third kappa shape index (κ3) is 4.42. The summed E-state index contributed by atoms with van der Waals surface area (Å²) in [6.45, 7) is 0.895. The van der Waals surface area contributed by atoms with Crippen LogP contribution in [-0.4, -0.2) is 41.2 Å². The molecule has 4 rings (SSSR count).